The molecule has 0 saturated heterocycles. The Balaban J connectivity index is 2.77. The molecule has 0 aliphatic rings. The third kappa shape index (κ3) is 1.58. The number of benzene rings is 1. The van der Waals surface area contributed by atoms with Crippen molar-refractivity contribution in [2.45, 2.75) is 4.21 Å². The fourth-order valence-electron chi connectivity index (χ4n) is 1.17. The number of thioether (sulfide) groups is 1. The minimum absolute atomic E-state index is 0.411. The van der Waals surface area contributed by atoms with E-state index in [1.807, 2.05) is 24.5 Å². The fourth-order valence-corrected chi connectivity index (χ4v) is 3.25. The van der Waals surface area contributed by atoms with Crippen LogP contribution in [-0.4, -0.2) is 11.4 Å². The molecule has 0 unspecified atom stereocenters. The molecule has 4 heteroatoms. The van der Waals surface area contributed by atoms with E-state index in [4.69, 9.17) is 0 Å². The molecular weight excluding hydrogens is 268 g/mol. The van der Waals surface area contributed by atoms with Crippen LogP contribution in [0.2, 0.25) is 0 Å². The highest BCUT2D eigenvalue weighted by molar-refractivity contribution is 9.10. The summed E-state index contributed by atoms with van der Waals surface area (Å²) in [4.78, 5) is 0. The van der Waals surface area contributed by atoms with Gasteiger partial charge in [-0.3, -0.25) is 0 Å². The maximum Gasteiger partial charge on any atom is 0.147 e. The van der Waals surface area contributed by atoms with Crippen LogP contribution in [0.4, 0.5) is 0 Å². The molecule has 68 valence electrons. The molecule has 2 aromatic rings. The van der Waals surface area contributed by atoms with Crippen molar-refractivity contribution in [2.24, 2.45) is 0 Å². The molecule has 0 radical (unpaired) electrons. The Hall–Kier alpha value is -0.190. The molecule has 1 heterocycles. The van der Waals surface area contributed by atoms with Gasteiger partial charge in [0, 0.05) is 14.6 Å². The second-order valence-electron chi connectivity index (χ2n) is 2.58. The fraction of sp³-hybridized carbons (Fsp3) is 0.111. The van der Waals surface area contributed by atoms with Crippen molar-refractivity contribution < 1.29 is 5.11 Å². The van der Waals surface area contributed by atoms with Gasteiger partial charge in [-0.25, -0.2) is 0 Å². The second kappa shape index (κ2) is 3.52. The highest BCUT2D eigenvalue weighted by Crippen LogP contribution is 2.42. The summed E-state index contributed by atoms with van der Waals surface area (Å²) in [7, 11) is 0. The van der Waals surface area contributed by atoms with Gasteiger partial charge in [-0.1, -0.05) is 15.9 Å². The van der Waals surface area contributed by atoms with Crippen LogP contribution in [0.25, 0.3) is 10.1 Å². The zero-order valence-electron chi connectivity index (χ0n) is 6.87. The Morgan fingerprint density at radius 2 is 2.23 bits per heavy atom. The lowest BCUT2D eigenvalue weighted by Gasteiger charge is -1.92. The molecule has 0 aliphatic heterocycles. The van der Waals surface area contributed by atoms with Gasteiger partial charge in [0.25, 0.3) is 0 Å². The van der Waals surface area contributed by atoms with E-state index >= 15 is 0 Å². The molecule has 1 aromatic carbocycles. The van der Waals surface area contributed by atoms with E-state index in [-0.39, 0.29) is 0 Å². The maximum absolute atomic E-state index is 9.78. The van der Waals surface area contributed by atoms with Crippen LogP contribution in [0.5, 0.6) is 5.75 Å². The molecule has 0 atom stereocenters. The molecule has 1 N–H and O–H groups in total. The number of halogens is 1. The van der Waals surface area contributed by atoms with Gasteiger partial charge in [-0.05, 0) is 24.5 Å². The minimum Gasteiger partial charge on any atom is -0.505 e. The van der Waals surface area contributed by atoms with Crippen molar-refractivity contribution in [3.8, 4) is 5.75 Å². The molecule has 0 amide bonds. The summed E-state index contributed by atoms with van der Waals surface area (Å²) >= 11 is 6.59. The molecule has 2 rings (SSSR count). The lowest BCUT2D eigenvalue weighted by molar-refractivity contribution is 0.473. The molecule has 1 nitrogen and oxygen atoms in total. The number of fused-ring (bicyclic) bond motifs is 1. The van der Waals surface area contributed by atoms with Crippen molar-refractivity contribution in [1.29, 1.82) is 0 Å². The van der Waals surface area contributed by atoms with Gasteiger partial charge in [-0.15, -0.1) is 23.1 Å². The Morgan fingerprint density at radius 1 is 1.46 bits per heavy atom. The van der Waals surface area contributed by atoms with Crippen molar-refractivity contribution >= 4 is 49.1 Å². The number of rotatable bonds is 1. The van der Waals surface area contributed by atoms with E-state index in [0.29, 0.717) is 5.75 Å². The smallest absolute Gasteiger partial charge is 0.147 e. The van der Waals surface area contributed by atoms with Gasteiger partial charge in [0.15, 0.2) is 0 Å². The van der Waals surface area contributed by atoms with E-state index in [2.05, 4.69) is 15.9 Å². The van der Waals surface area contributed by atoms with Crippen molar-refractivity contribution in [2.75, 3.05) is 6.26 Å². The van der Waals surface area contributed by atoms with Gasteiger partial charge in [0.1, 0.15) is 9.96 Å². The normalized spacial score (nSPS) is 10.9. The molecular formula is C9H7BrOS2. The van der Waals surface area contributed by atoms with E-state index in [9.17, 15) is 5.11 Å². The molecule has 13 heavy (non-hydrogen) atoms. The first kappa shape index (κ1) is 9.37. The Morgan fingerprint density at radius 3 is 2.92 bits per heavy atom. The van der Waals surface area contributed by atoms with Gasteiger partial charge < -0.3 is 5.11 Å². The van der Waals surface area contributed by atoms with Crippen LogP contribution in [-0.2, 0) is 0 Å². The van der Waals surface area contributed by atoms with Crippen LogP contribution < -0.4 is 0 Å². The third-order valence-corrected chi connectivity index (χ3v) is 4.54. The van der Waals surface area contributed by atoms with Gasteiger partial charge in [0.05, 0.1) is 0 Å². The molecule has 1 aromatic heterocycles. The van der Waals surface area contributed by atoms with Crippen molar-refractivity contribution in [3.05, 3.63) is 22.7 Å². The van der Waals surface area contributed by atoms with Gasteiger partial charge >= 0.3 is 0 Å². The molecule has 0 fully saturated rings. The number of thiophene rings is 1. The lowest BCUT2D eigenvalue weighted by Crippen LogP contribution is -1.65. The molecule has 0 spiro atoms. The van der Waals surface area contributed by atoms with Crippen molar-refractivity contribution in [1.82, 2.24) is 0 Å². The van der Waals surface area contributed by atoms with E-state index in [1.165, 1.54) is 0 Å². The third-order valence-electron chi connectivity index (χ3n) is 1.78. The molecule has 0 saturated carbocycles. The van der Waals surface area contributed by atoms with Crippen LogP contribution >= 0.6 is 39.0 Å². The van der Waals surface area contributed by atoms with Gasteiger partial charge in [-0.2, -0.15) is 0 Å². The zero-order valence-corrected chi connectivity index (χ0v) is 10.1. The number of aromatic hydroxyl groups is 1. The van der Waals surface area contributed by atoms with Crippen LogP contribution in [0, 0.1) is 0 Å². The average molecular weight is 275 g/mol. The first-order chi connectivity index (χ1) is 6.22. The van der Waals surface area contributed by atoms with E-state index < -0.39 is 0 Å². The summed E-state index contributed by atoms with van der Waals surface area (Å²) in [5.74, 6) is 0.411. The molecule has 0 aliphatic carbocycles. The minimum atomic E-state index is 0.411. The van der Waals surface area contributed by atoms with E-state index in [0.717, 1.165) is 18.8 Å². The van der Waals surface area contributed by atoms with Crippen LogP contribution in [0.1, 0.15) is 0 Å². The van der Waals surface area contributed by atoms with Crippen molar-refractivity contribution in [3.63, 3.8) is 0 Å². The standard InChI is InChI=1S/C9H7BrOS2/c1-12-9-8(11)6-4-5(10)2-3-7(6)13-9/h2-4,11H,1H3. The second-order valence-corrected chi connectivity index (χ2v) is 5.63. The Kier molecular flexibility index (Phi) is 2.53. The first-order valence-corrected chi connectivity index (χ1v) is 6.51. The zero-order chi connectivity index (χ0) is 9.42. The Labute approximate surface area is 92.9 Å². The van der Waals surface area contributed by atoms with Gasteiger partial charge in [0.2, 0.25) is 0 Å². The summed E-state index contributed by atoms with van der Waals surface area (Å²) in [6, 6.07) is 5.95. The van der Waals surface area contributed by atoms with Crippen LogP contribution in [0.3, 0.4) is 0 Å². The Bertz CT molecular complexity index is 450. The highest BCUT2D eigenvalue weighted by Gasteiger charge is 2.09. The summed E-state index contributed by atoms with van der Waals surface area (Å²) in [6.07, 6.45) is 1.97. The number of hydrogen-bond acceptors (Lipinski definition) is 3. The monoisotopic (exact) mass is 274 g/mol. The summed E-state index contributed by atoms with van der Waals surface area (Å²) < 4.78 is 3.11. The quantitative estimate of drug-likeness (QED) is 0.791. The number of hydrogen-bond donors (Lipinski definition) is 1. The van der Waals surface area contributed by atoms with E-state index in [1.54, 1.807) is 23.1 Å². The first-order valence-electron chi connectivity index (χ1n) is 3.67. The SMILES string of the molecule is CSc1sc2ccc(Br)cc2c1O. The molecule has 0 bridgehead atoms. The summed E-state index contributed by atoms with van der Waals surface area (Å²) in [5, 5.41) is 10.7. The average Bonchev–Trinajstić information content (AvgIpc) is 2.44. The lowest BCUT2D eigenvalue weighted by atomic mass is 10.2. The maximum atomic E-state index is 9.78. The topological polar surface area (TPSA) is 20.2 Å². The summed E-state index contributed by atoms with van der Waals surface area (Å²) in [5.41, 5.74) is 0. The highest BCUT2D eigenvalue weighted by atomic mass is 79.9. The largest absolute Gasteiger partial charge is 0.505 e. The predicted molar refractivity (Wildman–Crippen MR) is 63.0 cm³/mol. The predicted octanol–water partition coefficient (Wildman–Crippen LogP) is 4.09. The van der Waals surface area contributed by atoms with Crippen LogP contribution in [0.15, 0.2) is 26.9 Å². The summed E-state index contributed by atoms with van der Waals surface area (Å²) in [6.45, 7) is 0.